The molecule has 7 nitrogen and oxygen atoms in total. The molecule has 3 aliphatic rings. The molecule has 1 aromatic rings. The minimum Gasteiger partial charge on any atom is -0.441 e. The van der Waals surface area contributed by atoms with Crippen LogP contribution in [0.4, 0.5) is 10.5 Å². The van der Waals surface area contributed by atoms with Crippen LogP contribution in [0.2, 0.25) is 0 Å². The molecule has 4 rings (SSSR count). The van der Waals surface area contributed by atoms with Crippen LogP contribution in [0.25, 0.3) is 0 Å². The standard InChI is InChI=1S/C18H22N2O5/c1-22-11-14-10-20(17(21)24-14)13-5-6-15(19-9-13)16-12-23-18(25-16)7-3-2-4-8-18/h2-3,5-6,9,14,16H,4,7-8,10-12H2,1H3. The third kappa shape index (κ3) is 3.27. The fraction of sp³-hybridized carbons (Fsp3) is 0.556. The smallest absolute Gasteiger partial charge is 0.414 e. The number of aromatic nitrogens is 1. The van der Waals surface area contributed by atoms with Gasteiger partial charge in [0.15, 0.2) is 5.79 Å². The minimum atomic E-state index is -0.494. The molecule has 2 fully saturated rings. The number of carbonyl (C=O) groups is 1. The topological polar surface area (TPSA) is 70.1 Å². The maximum atomic E-state index is 12.0. The first-order chi connectivity index (χ1) is 12.2. The monoisotopic (exact) mass is 346 g/mol. The number of amides is 1. The van der Waals surface area contributed by atoms with Gasteiger partial charge < -0.3 is 18.9 Å². The van der Waals surface area contributed by atoms with Crippen LogP contribution >= 0.6 is 0 Å². The van der Waals surface area contributed by atoms with Gasteiger partial charge in [0.1, 0.15) is 12.2 Å². The van der Waals surface area contributed by atoms with Crippen molar-refractivity contribution in [2.75, 3.05) is 31.8 Å². The van der Waals surface area contributed by atoms with Gasteiger partial charge in [-0.1, -0.05) is 12.2 Å². The molecular weight excluding hydrogens is 324 g/mol. The maximum absolute atomic E-state index is 12.0. The number of pyridine rings is 1. The number of cyclic esters (lactones) is 1. The quantitative estimate of drug-likeness (QED) is 0.781. The largest absolute Gasteiger partial charge is 0.441 e. The van der Waals surface area contributed by atoms with E-state index in [1.165, 1.54) is 0 Å². The molecule has 1 aliphatic carbocycles. The van der Waals surface area contributed by atoms with Crippen molar-refractivity contribution in [2.24, 2.45) is 0 Å². The molecule has 0 aromatic carbocycles. The third-order valence-electron chi connectivity index (χ3n) is 4.78. The Bertz CT molecular complexity index is 662. The summed E-state index contributed by atoms with van der Waals surface area (Å²) >= 11 is 0. The number of carbonyl (C=O) groups excluding carboxylic acids is 1. The molecule has 3 atom stereocenters. The van der Waals surface area contributed by atoms with E-state index in [0.29, 0.717) is 25.4 Å². The fourth-order valence-corrected chi connectivity index (χ4v) is 3.48. The molecule has 134 valence electrons. The number of anilines is 1. The molecule has 0 saturated carbocycles. The van der Waals surface area contributed by atoms with Gasteiger partial charge in [0, 0.05) is 20.0 Å². The van der Waals surface area contributed by atoms with Crippen molar-refractivity contribution in [2.45, 2.75) is 37.3 Å². The zero-order chi connectivity index (χ0) is 17.3. The van der Waals surface area contributed by atoms with Gasteiger partial charge in [0.05, 0.1) is 37.3 Å². The number of hydrogen-bond donors (Lipinski definition) is 0. The van der Waals surface area contributed by atoms with Crippen molar-refractivity contribution >= 4 is 11.8 Å². The number of nitrogens with zero attached hydrogens (tertiary/aromatic N) is 2. The van der Waals surface area contributed by atoms with Crippen molar-refractivity contribution in [1.82, 2.24) is 4.98 Å². The number of methoxy groups -OCH3 is 1. The van der Waals surface area contributed by atoms with Gasteiger partial charge in [-0.15, -0.1) is 0 Å². The van der Waals surface area contributed by atoms with Crippen LogP contribution in [0.1, 0.15) is 31.1 Å². The summed E-state index contributed by atoms with van der Waals surface area (Å²) in [6.45, 7) is 1.35. The second-order valence-corrected chi connectivity index (χ2v) is 6.56. The van der Waals surface area contributed by atoms with Gasteiger partial charge in [-0.05, 0) is 18.6 Å². The highest BCUT2D eigenvalue weighted by Crippen LogP contribution is 2.40. The summed E-state index contributed by atoms with van der Waals surface area (Å²) in [7, 11) is 1.59. The lowest BCUT2D eigenvalue weighted by molar-refractivity contribution is -0.172. The highest BCUT2D eigenvalue weighted by molar-refractivity contribution is 5.89. The number of allylic oxidation sites excluding steroid dienone is 1. The summed E-state index contributed by atoms with van der Waals surface area (Å²) in [6, 6.07) is 3.76. The molecule has 25 heavy (non-hydrogen) atoms. The number of rotatable bonds is 4. The first kappa shape index (κ1) is 16.5. The Kier molecular flexibility index (Phi) is 4.45. The maximum Gasteiger partial charge on any atom is 0.414 e. The normalized spacial score (nSPS) is 31.7. The van der Waals surface area contributed by atoms with E-state index >= 15 is 0 Å². The molecule has 1 amide bonds. The van der Waals surface area contributed by atoms with Gasteiger partial charge >= 0.3 is 6.09 Å². The van der Waals surface area contributed by atoms with Gasteiger partial charge in [0.2, 0.25) is 0 Å². The van der Waals surface area contributed by atoms with Crippen LogP contribution in [0.3, 0.4) is 0 Å². The molecule has 2 aliphatic heterocycles. The molecule has 0 bridgehead atoms. The van der Waals surface area contributed by atoms with Gasteiger partial charge in [0.25, 0.3) is 0 Å². The van der Waals surface area contributed by atoms with E-state index in [-0.39, 0.29) is 18.3 Å². The molecule has 7 heteroatoms. The zero-order valence-electron chi connectivity index (χ0n) is 14.2. The average molecular weight is 346 g/mol. The van der Waals surface area contributed by atoms with Crippen LogP contribution < -0.4 is 4.90 Å². The van der Waals surface area contributed by atoms with Crippen LogP contribution in [-0.2, 0) is 18.9 Å². The Morgan fingerprint density at radius 2 is 2.32 bits per heavy atom. The molecular formula is C18H22N2O5. The lowest BCUT2D eigenvalue weighted by Crippen LogP contribution is -2.30. The van der Waals surface area contributed by atoms with Crippen LogP contribution in [0.15, 0.2) is 30.5 Å². The lowest BCUT2D eigenvalue weighted by atomic mass is 10.0. The predicted octanol–water partition coefficient (Wildman–Crippen LogP) is 2.58. The molecule has 1 spiro atoms. The molecule has 0 radical (unpaired) electrons. The first-order valence-electron chi connectivity index (χ1n) is 8.59. The minimum absolute atomic E-state index is 0.174. The van der Waals surface area contributed by atoms with Gasteiger partial charge in [-0.3, -0.25) is 9.88 Å². The van der Waals surface area contributed by atoms with Crippen LogP contribution in [0, 0.1) is 0 Å². The molecule has 3 unspecified atom stereocenters. The Balaban J connectivity index is 1.43. The summed E-state index contributed by atoms with van der Waals surface area (Å²) in [5, 5.41) is 0. The van der Waals surface area contributed by atoms with Crippen LogP contribution in [-0.4, -0.2) is 49.8 Å². The van der Waals surface area contributed by atoms with E-state index in [9.17, 15) is 4.79 Å². The first-order valence-corrected chi connectivity index (χ1v) is 8.59. The molecule has 0 N–H and O–H groups in total. The predicted molar refractivity (Wildman–Crippen MR) is 89.2 cm³/mol. The summed E-state index contributed by atoms with van der Waals surface area (Å²) in [6.07, 6.45) is 7.78. The SMILES string of the molecule is COCC1CN(c2ccc(C3COC4(CC=CCC4)O3)nc2)C(=O)O1. The summed E-state index contributed by atoms with van der Waals surface area (Å²) in [4.78, 5) is 18.0. The van der Waals surface area contributed by atoms with Gasteiger partial charge in [-0.2, -0.15) is 0 Å². The van der Waals surface area contributed by atoms with Crippen molar-refractivity contribution in [3.63, 3.8) is 0 Å². The molecule has 1 aromatic heterocycles. The summed E-state index contributed by atoms with van der Waals surface area (Å²) in [5.41, 5.74) is 1.53. The van der Waals surface area contributed by atoms with E-state index in [4.69, 9.17) is 18.9 Å². The second kappa shape index (κ2) is 6.74. The average Bonchev–Trinajstić information content (AvgIpc) is 3.20. The van der Waals surface area contributed by atoms with E-state index in [1.54, 1.807) is 18.2 Å². The zero-order valence-corrected chi connectivity index (χ0v) is 14.2. The Hall–Kier alpha value is -1.96. The molecule has 2 saturated heterocycles. The van der Waals surface area contributed by atoms with E-state index in [1.807, 2.05) is 12.1 Å². The highest BCUT2D eigenvalue weighted by atomic mass is 16.7. The highest BCUT2D eigenvalue weighted by Gasteiger charge is 2.42. The van der Waals surface area contributed by atoms with Gasteiger partial charge in [-0.25, -0.2) is 4.79 Å². The van der Waals surface area contributed by atoms with E-state index in [0.717, 1.165) is 25.0 Å². The fourth-order valence-electron chi connectivity index (χ4n) is 3.48. The van der Waals surface area contributed by atoms with Crippen LogP contribution in [0.5, 0.6) is 0 Å². The Morgan fingerprint density at radius 3 is 3.04 bits per heavy atom. The van der Waals surface area contributed by atoms with Crippen molar-refractivity contribution in [1.29, 1.82) is 0 Å². The lowest BCUT2D eigenvalue weighted by Gasteiger charge is -2.28. The summed E-state index contributed by atoms with van der Waals surface area (Å²) in [5.74, 6) is -0.494. The number of hydrogen-bond acceptors (Lipinski definition) is 6. The number of ether oxygens (including phenoxy) is 4. The van der Waals surface area contributed by atoms with E-state index < -0.39 is 5.79 Å². The van der Waals surface area contributed by atoms with E-state index in [2.05, 4.69) is 17.1 Å². The third-order valence-corrected chi connectivity index (χ3v) is 4.78. The second-order valence-electron chi connectivity index (χ2n) is 6.56. The molecule has 3 heterocycles. The van der Waals surface area contributed by atoms with Crippen molar-refractivity contribution < 1.29 is 23.7 Å². The van der Waals surface area contributed by atoms with Crippen molar-refractivity contribution in [3.05, 3.63) is 36.2 Å². The Labute approximate surface area is 146 Å². The Morgan fingerprint density at radius 1 is 1.40 bits per heavy atom. The summed E-state index contributed by atoms with van der Waals surface area (Å²) < 4.78 is 22.4. The van der Waals surface area contributed by atoms with Crippen molar-refractivity contribution in [3.8, 4) is 0 Å².